The number of benzene rings is 1. The second kappa shape index (κ2) is 4.56. The molecule has 102 valence electrons. The number of furan rings is 1. The molecule has 19 heavy (non-hydrogen) atoms. The highest BCUT2D eigenvalue weighted by Crippen LogP contribution is 2.29. The van der Waals surface area contributed by atoms with Gasteiger partial charge in [-0.15, -0.1) is 0 Å². The van der Waals surface area contributed by atoms with Gasteiger partial charge in [-0.05, 0) is 12.5 Å². The molecule has 3 rings (SSSR count). The summed E-state index contributed by atoms with van der Waals surface area (Å²) >= 11 is 0. The summed E-state index contributed by atoms with van der Waals surface area (Å²) in [6.45, 7) is -0.0163. The molecule has 0 saturated heterocycles. The van der Waals surface area contributed by atoms with Gasteiger partial charge in [0.25, 0.3) is 0 Å². The van der Waals surface area contributed by atoms with Gasteiger partial charge >= 0.3 is 6.18 Å². The number of fused-ring (bicyclic) bond motifs is 3. The minimum Gasteiger partial charge on any atom is -0.461 e. The van der Waals surface area contributed by atoms with Crippen LogP contribution in [0.4, 0.5) is 13.2 Å². The van der Waals surface area contributed by atoms with Crippen LogP contribution >= 0.6 is 0 Å². The fourth-order valence-corrected chi connectivity index (χ4v) is 2.68. The van der Waals surface area contributed by atoms with Gasteiger partial charge in [-0.1, -0.05) is 18.2 Å². The maximum atomic E-state index is 12.4. The Hall–Kier alpha value is -1.49. The van der Waals surface area contributed by atoms with Crippen molar-refractivity contribution >= 4 is 11.0 Å². The number of para-hydroxylation sites is 1. The average molecular weight is 269 g/mol. The Bertz CT molecular complexity index is 588. The number of hydrogen-bond donors (Lipinski definition) is 0. The van der Waals surface area contributed by atoms with Crippen molar-refractivity contribution in [3.05, 3.63) is 35.6 Å². The summed E-state index contributed by atoms with van der Waals surface area (Å²) in [6.07, 6.45) is -2.98. The van der Waals surface area contributed by atoms with E-state index in [0.29, 0.717) is 25.9 Å². The Morgan fingerprint density at radius 3 is 2.63 bits per heavy atom. The second-order valence-electron chi connectivity index (χ2n) is 4.89. The topological polar surface area (TPSA) is 16.4 Å². The predicted octanol–water partition coefficient (Wildman–Crippen LogP) is 3.40. The van der Waals surface area contributed by atoms with E-state index in [1.807, 2.05) is 24.3 Å². The lowest BCUT2D eigenvalue weighted by Crippen LogP contribution is -2.35. The van der Waals surface area contributed by atoms with Crippen molar-refractivity contribution in [2.24, 2.45) is 0 Å². The third-order valence-corrected chi connectivity index (χ3v) is 3.52. The van der Waals surface area contributed by atoms with Crippen LogP contribution in [0.1, 0.15) is 11.3 Å². The van der Waals surface area contributed by atoms with E-state index < -0.39 is 12.7 Å². The molecule has 0 N–H and O–H groups in total. The summed E-state index contributed by atoms with van der Waals surface area (Å²) in [5, 5.41) is 1.03. The number of rotatable bonds is 1. The first-order valence-electron chi connectivity index (χ1n) is 6.31. The van der Waals surface area contributed by atoms with Crippen LogP contribution in [-0.4, -0.2) is 30.7 Å². The zero-order valence-corrected chi connectivity index (χ0v) is 10.3. The molecule has 0 fully saturated rings. The lowest BCUT2D eigenvalue weighted by atomic mass is 10.1. The molecule has 1 aliphatic rings. The molecule has 0 saturated carbocycles. The van der Waals surface area contributed by atoms with Crippen molar-refractivity contribution in [1.82, 2.24) is 4.90 Å². The van der Waals surface area contributed by atoms with Gasteiger partial charge in [-0.3, -0.25) is 4.90 Å². The van der Waals surface area contributed by atoms with Crippen LogP contribution in [0.5, 0.6) is 0 Å². The van der Waals surface area contributed by atoms with Crippen LogP contribution in [0.25, 0.3) is 11.0 Å². The SMILES string of the molecule is FC(F)(F)CN1CCc2oc3ccccc3c2CC1. The molecule has 0 aliphatic carbocycles. The first-order valence-corrected chi connectivity index (χ1v) is 6.31. The van der Waals surface area contributed by atoms with E-state index in [4.69, 9.17) is 4.42 Å². The van der Waals surface area contributed by atoms with Gasteiger partial charge in [-0.25, -0.2) is 0 Å². The number of nitrogens with zero attached hydrogens (tertiary/aromatic N) is 1. The van der Waals surface area contributed by atoms with E-state index in [0.717, 1.165) is 22.3 Å². The van der Waals surface area contributed by atoms with E-state index in [-0.39, 0.29) is 0 Å². The molecule has 0 unspecified atom stereocenters. The first-order chi connectivity index (χ1) is 9.03. The maximum absolute atomic E-state index is 12.4. The van der Waals surface area contributed by atoms with Crippen LogP contribution in [0, 0.1) is 0 Å². The highest BCUT2D eigenvalue weighted by Gasteiger charge is 2.32. The molecule has 0 amide bonds. The van der Waals surface area contributed by atoms with Gasteiger partial charge in [0.2, 0.25) is 0 Å². The van der Waals surface area contributed by atoms with Gasteiger partial charge in [0.05, 0.1) is 6.54 Å². The fourth-order valence-electron chi connectivity index (χ4n) is 2.68. The van der Waals surface area contributed by atoms with Crippen LogP contribution in [0.15, 0.2) is 28.7 Å². The molecule has 0 radical (unpaired) electrons. The third-order valence-electron chi connectivity index (χ3n) is 3.52. The van der Waals surface area contributed by atoms with Gasteiger partial charge in [0.15, 0.2) is 0 Å². The molecule has 2 heterocycles. The molecular formula is C14H14F3NO. The van der Waals surface area contributed by atoms with Crippen molar-refractivity contribution in [2.45, 2.75) is 19.0 Å². The average Bonchev–Trinajstić information content (AvgIpc) is 2.58. The van der Waals surface area contributed by atoms with Crippen molar-refractivity contribution in [3.8, 4) is 0 Å². The number of halogens is 3. The molecule has 1 aromatic heterocycles. The van der Waals surface area contributed by atoms with Crippen LogP contribution in [-0.2, 0) is 12.8 Å². The van der Waals surface area contributed by atoms with Crippen molar-refractivity contribution in [3.63, 3.8) is 0 Å². The Morgan fingerprint density at radius 2 is 1.84 bits per heavy atom. The molecule has 0 spiro atoms. The molecular weight excluding hydrogens is 255 g/mol. The smallest absolute Gasteiger partial charge is 0.401 e. The zero-order valence-electron chi connectivity index (χ0n) is 10.3. The predicted molar refractivity (Wildman–Crippen MR) is 66.1 cm³/mol. The Labute approximate surface area is 108 Å². The monoisotopic (exact) mass is 269 g/mol. The van der Waals surface area contributed by atoms with Gasteiger partial charge < -0.3 is 4.42 Å². The normalized spacial score (nSPS) is 17.4. The number of hydrogen-bond acceptors (Lipinski definition) is 2. The molecule has 1 aromatic carbocycles. The molecule has 2 nitrogen and oxygen atoms in total. The van der Waals surface area contributed by atoms with E-state index >= 15 is 0 Å². The summed E-state index contributed by atoms with van der Waals surface area (Å²) in [5.41, 5.74) is 1.90. The van der Waals surface area contributed by atoms with Crippen LogP contribution < -0.4 is 0 Å². The summed E-state index contributed by atoms with van der Waals surface area (Å²) in [6, 6.07) is 7.70. The summed E-state index contributed by atoms with van der Waals surface area (Å²) < 4.78 is 43.0. The maximum Gasteiger partial charge on any atom is 0.401 e. The van der Waals surface area contributed by atoms with E-state index in [1.165, 1.54) is 4.90 Å². The Kier molecular flexibility index (Phi) is 3.01. The van der Waals surface area contributed by atoms with Crippen molar-refractivity contribution in [1.29, 1.82) is 0 Å². The van der Waals surface area contributed by atoms with E-state index in [2.05, 4.69) is 0 Å². The Morgan fingerprint density at radius 1 is 1.11 bits per heavy atom. The minimum absolute atomic E-state index is 0.395. The van der Waals surface area contributed by atoms with Crippen molar-refractivity contribution < 1.29 is 17.6 Å². The standard InChI is InChI=1S/C14H14F3NO/c15-14(16,17)9-18-7-5-11-10-3-1-2-4-12(10)19-13(11)6-8-18/h1-4H,5-9H2. The Balaban J connectivity index is 1.83. The minimum atomic E-state index is -4.13. The fraction of sp³-hybridized carbons (Fsp3) is 0.429. The van der Waals surface area contributed by atoms with Gasteiger partial charge in [0, 0.05) is 30.5 Å². The number of alkyl halides is 3. The van der Waals surface area contributed by atoms with Gasteiger partial charge in [0.1, 0.15) is 11.3 Å². The second-order valence-corrected chi connectivity index (χ2v) is 4.89. The largest absolute Gasteiger partial charge is 0.461 e. The highest BCUT2D eigenvalue weighted by atomic mass is 19.4. The summed E-state index contributed by atoms with van der Waals surface area (Å²) in [7, 11) is 0. The quantitative estimate of drug-likeness (QED) is 0.789. The molecule has 0 bridgehead atoms. The van der Waals surface area contributed by atoms with E-state index in [1.54, 1.807) is 0 Å². The lowest BCUT2D eigenvalue weighted by Gasteiger charge is -2.20. The third kappa shape index (κ3) is 2.61. The van der Waals surface area contributed by atoms with Crippen LogP contribution in [0.3, 0.4) is 0 Å². The van der Waals surface area contributed by atoms with Crippen LogP contribution in [0.2, 0.25) is 0 Å². The lowest BCUT2D eigenvalue weighted by molar-refractivity contribution is -0.145. The van der Waals surface area contributed by atoms with Crippen molar-refractivity contribution in [2.75, 3.05) is 19.6 Å². The zero-order chi connectivity index (χ0) is 13.5. The van der Waals surface area contributed by atoms with E-state index in [9.17, 15) is 13.2 Å². The molecule has 2 aromatic rings. The first kappa shape index (κ1) is 12.5. The van der Waals surface area contributed by atoms with Gasteiger partial charge in [-0.2, -0.15) is 13.2 Å². The molecule has 0 atom stereocenters. The summed E-state index contributed by atoms with van der Waals surface area (Å²) in [4.78, 5) is 1.45. The molecule has 1 aliphatic heterocycles. The highest BCUT2D eigenvalue weighted by molar-refractivity contribution is 5.82. The molecule has 5 heteroatoms. The summed E-state index contributed by atoms with van der Waals surface area (Å²) in [5.74, 6) is 0.839.